The molecular formula is C15H14Cl2N2. The van der Waals surface area contributed by atoms with Crippen LogP contribution in [0.15, 0.2) is 30.3 Å². The summed E-state index contributed by atoms with van der Waals surface area (Å²) in [6, 6.07) is 11.9. The second-order valence-corrected chi connectivity index (χ2v) is 6.07. The number of halogens is 2. The Labute approximate surface area is 123 Å². The number of nitrogens with zero attached hydrogens (tertiary/aromatic N) is 2. The van der Waals surface area contributed by atoms with E-state index in [0.717, 1.165) is 11.3 Å². The minimum Gasteiger partial charge on any atom is -0.324 e. The summed E-state index contributed by atoms with van der Waals surface area (Å²) in [5.74, 6) is 0. The maximum absolute atomic E-state index is 9.33. The van der Waals surface area contributed by atoms with Crippen LogP contribution >= 0.6 is 23.2 Å². The smallest absolute Gasteiger partial charge is 0.141 e. The maximum atomic E-state index is 9.33. The van der Waals surface area contributed by atoms with Crippen LogP contribution in [0.2, 0.25) is 10.0 Å². The molecule has 1 aromatic heterocycles. The first-order valence-electron chi connectivity index (χ1n) is 5.93. The summed E-state index contributed by atoms with van der Waals surface area (Å²) in [5.41, 5.74) is 1.85. The Bertz CT molecular complexity index is 644. The third-order valence-electron chi connectivity index (χ3n) is 2.88. The first-order chi connectivity index (χ1) is 8.88. The second kappa shape index (κ2) is 4.92. The van der Waals surface area contributed by atoms with Crippen LogP contribution in [0.5, 0.6) is 0 Å². The van der Waals surface area contributed by atoms with E-state index in [9.17, 15) is 5.26 Å². The van der Waals surface area contributed by atoms with Crippen LogP contribution in [0.25, 0.3) is 11.3 Å². The van der Waals surface area contributed by atoms with Crippen LogP contribution in [0.1, 0.15) is 26.5 Å². The molecule has 0 aliphatic rings. The molecule has 0 unspecified atom stereocenters. The van der Waals surface area contributed by atoms with E-state index in [2.05, 4.69) is 6.07 Å². The zero-order chi connectivity index (χ0) is 14.2. The van der Waals surface area contributed by atoms with Crippen molar-refractivity contribution in [1.29, 1.82) is 5.26 Å². The Hall–Kier alpha value is -1.43. The Morgan fingerprint density at radius 2 is 1.63 bits per heavy atom. The third-order valence-corrected chi connectivity index (χ3v) is 3.71. The lowest BCUT2D eigenvalue weighted by Crippen LogP contribution is -2.24. The van der Waals surface area contributed by atoms with E-state index in [0.29, 0.717) is 15.7 Å². The molecular weight excluding hydrogens is 279 g/mol. The van der Waals surface area contributed by atoms with E-state index in [4.69, 9.17) is 23.2 Å². The molecule has 0 fully saturated rings. The van der Waals surface area contributed by atoms with E-state index < -0.39 is 0 Å². The molecule has 0 saturated carbocycles. The standard InChI is InChI=1S/C15H14Cl2N2/c1-15(2,3)19-11(9-18)12(16)13(17)14(19)10-7-5-4-6-8-10/h4-8H,1-3H3. The summed E-state index contributed by atoms with van der Waals surface area (Å²) >= 11 is 12.5. The van der Waals surface area contributed by atoms with Crippen molar-refractivity contribution in [3.05, 3.63) is 46.1 Å². The molecule has 98 valence electrons. The molecule has 0 aliphatic heterocycles. The molecule has 2 aromatic rings. The first kappa shape index (κ1) is 14.0. The molecule has 0 bridgehead atoms. The molecule has 1 aromatic carbocycles. The van der Waals surface area contributed by atoms with Gasteiger partial charge in [0.05, 0.1) is 15.7 Å². The number of hydrogen-bond donors (Lipinski definition) is 0. The SMILES string of the molecule is CC(C)(C)n1c(C#N)c(Cl)c(Cl)c1-c1ccccc1. The van der Waals surface area contributed by atoms with Crippen LogP contribution < -0.4 is 0 Å². The van der Waals surface area contributed by atoms with E-state index >= 15 is 0 Å². The summed E-state index contributed by atoms with van der Waals surface area (Å²) in [7, 11) is 0. The van der Waals surface area contributed by atoms with Crippen molar-refractivity contribution in [2.45, 2.75) is 26.3 Å². The van der Waals surface area contributed by atoms with Gasteiger partial charge in [0.1, 0.15) is 11.8 Å². The van der Waals surface area contributed by atoms with E-state index in [1.54, 1.807) is 0 Å². The summed E-state index contributed by atoms with van der Waals surface area (Å²) in [6.45, 7) is 6.06. The molecule has 0 atom stereocenters. The fraction of sp³-hybridized carbons (Fsp3) is 0.267. The monoisotopic (exact) mass is 292 g/mol. The molecule has 0 amide bonds. The number of benzene rings is 1. The second-order valence-electron chi connectivity index (χ2n) is 5.31. The van der Waals surface area contributed by atoms with E-state index in [-0.39, 0.29) is 5.54 Å². The summed E-state index contributed by atoms with van der Waals surface area (Å²) in [4.78, 5) is 0. The lowest BCUT2D eigenvalue weighted by Gasteiger charge is -2.25. The minimum absolute atomic E-state index is 0.285. The van der Waals surface area contributed by atoms with Crippen molar-refractivity contribution >= 4 is 23.2 Å². The van der Waals surface area contributed by atoms with Gasteiger partial charge in [0, 0.05) is 5.54 Å². The number of hydrogen-bond acceptors (Lipinski definition) is 1. The van der Waals surface area contributed by atoms with Gasteiger partial charge in [-0.2, -0.15) is 5.26 Å². The lowest BCUT2D eigenvalue weighted by molar-refractivity contribution is 0.399. The van der Waals surface area contributed by atoms with Gasteiger partial charge in [-0.15, -0.1) is 0 Å². The number of nitriles is 1. The van der Waals surface area contributed by atoms with Crippen molar-refractivity contribution in [3.8, 4) is 17.3 Å². The molecule has 1 heterocycles. The first-order valence-corrected chi connectivity index (χ1v) is 6.69. The molecule has 0 saturated heterocycles. The van der Waals surface area contributed by atoms with Gasteiger partial charge in [0.15, 0.2) is 0 Å². The summed E-state index contributed by atoms with van der Waals surface area (Å²) in [6.07, 6.45) is 0. The Balaban J connectivity index is 2.86. The fourth-order valence-corrected chi connectivity index (χ4v) is 2.64. The Morgan fingerprint density at radius 3 is 2.11 bits per heavy atom. The van der Waals surface area contributed by atoms with Crippen molar-refractivity contribution in [2.24, 2.45) is 0 Å². The van der Waals surface area contributed by atoms with E-state index in [1.165, 1.54) is 0 Å². The van der Waals surface area contributed by atoms with Gasteiger partial charge in [-0.25, -0.2) is 0 Å². The van der Waals surface area contributed by atoms with Crippen LogP contribution in [-0.4, -0.2) is 4.57 Å². The lowest BCUT2D eigenvalue weighted by atomic mass is 10.1. The van der Waals surface area contributed by atoms with Gasteiger partial charge in [-0.3, -0.25) is 0 Å². The van der Waals surface area contributed by atoms with Gasteiger partial charge in [0.2, 0.25) is 0 Å². The zero-order valence-corrected chi connectivity index (χ0v) is 12.5. The molecule has 2 nitrogen and oxygen atoms in total. The normalized spacial score (nSPS) is 11.4. The number of aromatic nitrogens is 1. The largest absolute Gasteiger partial charge is 0.324 e. The predicted octanol–water partition coefficient (Wildman–Crippen LogP) is 5.09. The molecule has 0 radical (unpaired) electrons. The summed E-state index contributed by atoms with van der Waals surface area (Å²) < 4.78 is 1.90. The molecule has 0 spiro atoms. The third kappa shape index (κ3) is 2.36. The van der Waals surface area contributed by atoms with Gasteiger partial charge >= 0.3 is 0 Å². The molecule has 0 aliphatic carbocycles. The number of rotatable bonds is 1. The highest BCUT2D eigenvalue weighted by atomic mass is 35.5. The van der Waals surface area contributed by atoms with Gasteiger partial charge in [0.25, 0.3) is 0 Å². The average molecular weight is 293 g/mol. The highest BCUT2D eigenvalue weighted by Crippen LogP contribution is 2.41. The van der Waals surface area contributed by atoms with Crippen molar-refractivity contribution in [2.75, 3.05) is 0 Å². The van der Waals surface area contributed by atoms with Crippen molar-refractivity contribution in [3.63, 3.8) is 0 Å². The molecule has 4 heteroatoms. The Kier molecular flexibility index (Phi) is 3.62. The average Bonchev–Trinajstić information content (AvgIpc) is 2.63. The van der Waals surface area contributed by atoms with Crippen molar-refractivity contribution in [1.82, 2.24) is 4.57 Å². The van der Waals surface area contributed by atoms with Gasteiger partial charge < -0.3 is 4.57 Å². The van der Waals surface area contributed by atoms with Crippen LogP contribution in [0.4, 0.5) is 0 Å². The maximum Gasteiger partial charge on any atom is 0.141 e. The van der Waals surface area contributed by atoms with Gasteiger partial charge in [-0.1, -0.05) is 53.5 Å². The quantitative estimate of drug-likeness (QED) is 0.720. The van der Waals surface area contributed by atoms with Crippen molar-refractivity contribution < 1.29 is 0 Å². The van der Waals surface area contributed by atoms with Crippen LogP contribution in [0.3, 0.4) is 0 Å². The molecule has 19 heavy (non-hydrogen) atoms. The molecule has 2 rings (SSSR count). The Morgan fingerprint density at radius 1 is 1.05 bits per heavy atom. The van der Waals surface area contributed by atoms with Crippen LogP contribution in [0, 0.1) is 11.3 Å². The minimum atomic E-state index is -0.285. The molecule has 0 N–H and O–H groups in total. The topological polar surface area (TPSA) is 28.7 Å². The predicted molar refractivity (Wildman–Crippen MR) is 79.6 cm³/mol. The highest BCUT2D eigenvalue weighted by molar-refractivity contribution is 6.44. The van der Waals surface area contributed by atoms with Crippen LogP contribution in [-0.2, 0) is 5.54 Å². The zero-order valence-electron chi connectivity index (χ0n) is 11.0. The highest BCUT2D eigenvalue weighted by Gasteiger charge is 2.28. The summed E-state index contributed by atoms with van der Waals surface area (Å²) in [5, 5.41) is 10.1. The van der Waals surface area contributed by atoms with E-state index in [1.807, 2.05) is 55.7 Å². The fourth-order valence-electron chi connectivity index (χ4n) is 2.14. The van der Waals surface area contributed by atoms with Gasteiger partial charge in [-0.05, 0) is 26.3 Å².